The van der Waals surface area contributed by atoms with Gasteiger partial charge in [0.1, 0.15) is 29.2 Å². The van der Waals surface area contributed by atoms with Crippen molar-refractivity contribution in [3.8, 4) is 0 Å². The number of furan rings is 1. The average Bonchev–Trinajstić information content (AvgIpc) is 3.36. The summed E-state index contributed by atoms with van der Waals surface area (Å²) in [7, 11) is 0. The number of anilines is 3. The number of carbonyl (C=O) groups excluding carboxylic acids is 2. The maximum atomic E-state index is 13.1. The fourth-order valence-corrected chi connectivity index (χ4v) is 4.38. The van der Waals surface area contributed by atoms with Crippen molar-refractivity contribution in [2.45, 2.75) is 53.2 Å². The molecule has 2 aromatic carbocycles. The van der Waals surface area contributed by atoms with Crippen LogP contribution < -0.4 is 21.5 Å². The first-order valence-electron chi connectivity index (χ1n) is 10.9. The number of benzene rings is 1. The molecule has 178 valence electrons. The number of hydrogen-bond acceptors (Lipinski definition) is 7. The lowest BCUT2D eigenvalue weighted by molar-refractivity contribution is -0.111. The summed E-state index contributed by atoms with van der Waals surface area (Å²) in [5.74, 6) is 1.01. The van der Waals surface area contributed by atoms with Crippen molar-refractivity contribution in [3.63, 3.8) is 0 Å². The van der Waals surface area contributed by atoms with E-state index in [1.165, 1.54) is 4.90 Å². The molecule has 0 unspecified atom stereocenters. The van der Waals surface area contributed by atoms with E-state index in [4.69, 9.17) is 16.0 Å². The highest BCUT2D eigenvalue weighted by Crippen LogP contribution is 2.40. The molecule has 1 aromatic heterocycles. The highest BCUT2D eigenvalue weighted by molar-refractivity contribution is 6.32. The van der Waals surface area contributed by atoms with E-state index in [0.29, 0.717) is 28.3 Å². The standard InChI is InChI=1S/C25H26ClN3O5/c1-12(11-30)29-10-14-15(26)7-8-16(18(14)24(29)33)27-19-20(22(32)21(19)31)28-23(25(3,4)5)17-9-6-13(2)34-17/h6-9,11-12,23,27-28H,10H2,1-5H3/t12-,23-/m0/s1. The van der Waals surface area contributed by atoms with E-state index in [0.717, 1.165) is 5.76 Å². The molecular formula is C25H26ClN3O5. The molecule has 2 heterocycles. The third-order valence-corrected chi connectivity index (χ3v) is 6.47. The number of hydrogen-bond donors (Lipinski definition) is 2. The number of aryl methyl sites for hydroxylation is 1. The largest absolute Gasteiger partial charge is 0.464 e. The Morgan fingerprint density at radius 3 is 2.35 bits per heavy atom. The fraction of sp³-hybridized carbons (Fsp3) is 0.360. The Balaban J connectivity index is 1.70. The molecule has 0 bridgehead atoms. The predicted molar refractivity (Wildman–Crippen MR) is 131 cm³/mol. The third kappa shape index (κ3) is 3.92. The SMILES string of the molecule is Cc1ccc([C@H](Nc2c(Nc3ccc(Cl)c4c3C(=O)N([C@@H](C)C=O)C4)c(=O)c2=O)C(C)(C)C)o1. The molecular weight excluding hydrogens is 458 g/mol. The monoisotopic (exact) mass is 483 g/mol. The van der Waals surface area contributed by atoms with Gasteiger partial charge >= 0.3 is 0 Å². The smallest absolute Gasteiger partial charge is 0.257 e. The van der Waals surface area contributed by atoms with E-state index in [1.807, 2.05) is 39.8 Å². The molecule has 34 heavy (non-hydrogen) atoms. The highest BCUT2D eigenvalue weighted by Gasteiger charge is 2.36. The van der Waals surface area contributed by atoms with Crippen LogP contribution in [0.5, 0.6) is 0 Å². The van der Waals surface area contributed by atoms with E-state index in [9.17, 15) is 19.2 Å². The van der Waals surface area contributed by atoms with Gasteiger partial charge in [0.25, 0.3) is 16.8 Å². The summed E-state index contributed by atoms with van der Waals surface area (Å²) in [6.45, 7) is 9.63. The van der Waals surface area contributed by atoms with Gasteiger partial charge in [-0.1, -0.05) is 32.4 Å². The third-order valence-electron chi connectivity index (χ3n) is 6.12. The normalized spacial score (nSPS) is 15.4. The minimum atomic E-state index is -0.682. The summed E-state index contributed by atoms with van der Waals surface area (Å²) >= 11 is 6.32. The molecule has 1 aliphatic heterocycles. The molecule has 0 spiro atoms. The quantitative estimate of drug-likeness (QED) is 0.380. The van der Waals surface area contributed by atoms with E-state index < -0.39 is 16.9 Å². The maximum Gasteiger partial charge on any atom is 0.257 e. The summed E-state index contributed by atoms with van der Waals surface area (Å²) in [5.41, 5.74) is -0.267. The first-order valence-corrected chi connectivity index (χ1v) is 11.3. The topological polar surface area (TPSA) is 109 Å². The minimum Gasteiger partial charge on any atom is -0.464 e. The molecule has 9 heteroatoms. The number of carbonyl (C=O) groups is 2. The molecule has 8 nitrogen and oxygen atoms in total. The average molecular weight is 484 g/mol. The van der Waals surface area contributed by atoms with Gasteiger partial charge in [0.2, 0.25) is 0 Å². The first-order chi connectivity index (χ1) is 15.9. The van der Waals surface area contributed by atoms with Gasteiger partial charge in [-0.3, -0.25) is 14.4 Å². The lowest BCUT2D eigenvalue weighted by atomic mass is 9.85. The van der Waals surface area contributed by atoms with Crippen molar-refractivity contribution >= 4 is 40.9 Å². The second-order valence-corrected chi connectivity index (χ2v) is 10.1. The van der Waals surface area contributed by atoms with E-state index in [-0.39, 0.29) is 40.8 Å². The van der Waals surface area contributed by atoms with Crippen molar-refractivity contribution in [1.82, 2.24) is 4.90 Å². The molecule has 0 radical (unpaired) electrons. The van der Waals surface area contributed by atoms with E-state index >= 15 is 0 Å². The van der Waals surface area contributed by atoms with Gasteiger partial charge in [-0.25, -0.2) is 0 Å². The molecule has 1 aliphatic rings. The van der Waals surface area contributed by atoms with Gasteiger partial charge < -0.3 is 24.7 Å². The number of amides is 1. The second kappa shape index (κ2) is 8.43. The number of rotatable bonds is 7. The Hall–Kier alpha value is -3.39. The van der Waals surface area contributed by atoms with Crippen molar-refractivity contribution in [3.05, 3.63) is 72.4 Å². The summed E-state index contributed by atoms with van der Waals surface area (Å²) < 4.78 is 5.79. The van der Waals surface area contributed by atoms with Crippen LogP contribution in [0, 0.1) is 12.3 Å². The van der Waals surface area contributed by atoms with Crippen molar-refractivity contribution in [2.24, 2.45) is 5.41 Å². The van der Waals surface area contributed by atoms with Crippen LogP contribution in [-0.4, -0.2) is 23.1 Å². The van der Waals surface area contributed by atoms with Crippen LogP contribution in [0.3, 0.4) is 0 Å². The molecule has 4 rings (SSSR count). The van der Waals surface area contributed by atoms with Gasteiger partial charge in [-0.2, -0.15) is 0 Å². The summed E-state index contributed by atoms with van der Waals surface area (Å²) in [6.07, 6.45) is 0.687. The number of nitrogens with one attached hydrogen (secondary N) is 2. The van der Waals surface area contributed by atoms with Gasteiger partial charge in [-0.05, 0) is 43.5 Å². The lowest BCUT2D eigenvalue weighted by Gasteiger charge is -2.31. The van der Waals surface area contributed by atoms with Crippen LogP contribution >= 0.6 is 11.6 Å². The van der Waals surface area contributed by atoms with Crippen LogP contribution in [0.1, 0.15) is 61.2 Å². The van der Waals surface area contributed by atoms with Crippen LogP contribution in [0.15, 0.2) is 38.3 Å². The lowest BCUT2D eigenvalue weighted by Crippen LogP contribution is -2.39. The number of fused-ring (bicyclic) bond motifs is 1. The molecule has 0 saturated heterocycles. The molecule has 0 fully saturated rings. The predicted octanol–water partition coefficient (Wildman–Crippen LogP) is 4.32. The van der Waals surface area contributed by atoms with E-state index in [1.54, 1.807) is 19.1 Å². The summed E-state index contributed by atoms with van der Waals surface area (Å²) in [6, 6.07) is 5.87. The molecule has 0 aliphatic carbocycles. The van der Waals surface area contributed by atoms with Crippen molar-refractivity contribution in [2.75, 3.05) is 10.6 Å². The van der Waals surface area contributed by atoms with Crippen molar-refractivity contribution in [1.29, 1.82) is 0 Å². The van der Waals surface area contributed by atoms with Gasteiger partial charge in [0.05, 0.1) is 23.3 Å². The van der Waals surface area contributed by atoms with Gasteiger partial charge in [-0.15, -0.1) is 0 Å². The Morgan fingerprint density at radius 1 is 1.09 bits per heavy atom. The van der Waals surface area contributed by atoms with Crippen molar-refractivity contribution < 1.29 is 14.0 Å². The molecule has 2 N–H and O–H groups in total. The molecule has 1 amide bonds. The van der Waals surface area contributed by atoms with Gasteiger partial charge in [0, 0.05) is 17.1 Å². The zero-order valence-corrected chi connectivity index (χ0v) is 20.4. The van der Waals surface area contributed by atoms with Gasteiger partial charge in [0.15, 0.2) is 0 Å². The zero-order chi connectivity index (χ0) is 24.9. The Bertz CT molecular complexity index is 1360. The summed E-state index contributed by atoms with van der Waals surface area (Å²) in [5, 5.41) is 6.55. The van der Waals surface area contributed by atoms with Crippen LogP contribution in [0.2, 0.25) is 5.02 Å². The number of aldehydes is 1. The first kappa shape index (κ1) is 23.8. The maximum absolute atomic E-state index is 13.1. The number of halogens is 1. The molecule has 0 saturated carbocycles. The molecule has 3 aromatic rings. The second-order valence-electron chi connectivity index (χ2n) is 9.68. The number of nitrogens with zero attached hydrogens (tertiary/aromatic N) is 1. The minimum absolute atomic E-state index is 0.0711. The van der Waals surface area contributed by atoms with Crippen LogP contribution in [-0.2, 0) is 11.3 Å². The Kier molecular flexibility index (Phi) is 5.89. The highest BCUT2D eigenvalue weighted by atomic mass is 35.5. The Labute approximate surface area is 201 Å². The van der Waals surface area contributed by atoms with Crippen LogP contribution in [0.25, 0.3) is 0 Å². The molecule has 2 atom stereocenters. The summed E-state index contributed by atoms with van der Waals surface area (Å²) in [4.78, 5) is 50.8. The Morgan fingerprint density at radius 2 is 1.76 bits per heavy atom. The fourth-order valence-electron chi connectivity index (χ4n) is 4.16. The van der Waals surface area contributed by atoms with Crippen LogP contribution in [0.4, 0.5) is 17.1 Å². The zero-order valence-electron chi connectivity index (χ0n) is 19.6. The van der Waals surface area contributed by atoms with E-state index in [2.05, 4.69) is 10.6 Å².